The first-order valence-electron chi connectivity index (χ1n) is 7.87. The molecule has 128 valence electrons. The zero-order chi connectivity index (χ0) is 17.3. The van der Waals surface area contributed by atoms with Crippen LogP contribution in [-0.4, -0.2) is 47.2 Å². The Balaban J connectivity index is 1.83. The van der Waals surface area contributed by atoms with E-state index < -0.39 is 15.8 Å². The van der Waals surface area contributed by atoms with Crippen LogP contribution in [0.15, 0.2) is 29.1 Å². The number of carbonyl (C=O) groups is 1. The molecule has 1 N–H and O–H groups in total. The molecule has 3 rings (SSSR count). The van der Waals surface area contributed by atoms with Crippen molar-refractivity contribution in [1.82, 2.24) is 14.9 Å². The van der Waals surface area contributed by atoms with Gasteiger partial charge in [-0.1, -0.05) is 12.1 Å². The summed E-state index contributed by atoms with van der Waals surface area (Å²) in [6, 6.07) is 7.00. The molecule has 1 aliphatic rings. The molecule has 0 radical (unpaired) electrons. The van der Waals surface area contributed by atoms with Gasteiger partial charge in [-0.3, -0.25) is 9.59 Å². The minimum absolute atomic E-state index is 0.0615. The Morgan fingerprint density at radius 3 is 2.79 bits per heavy atom. The zero-order valence-electron chi connectivity index (χ0n) is 13.4. The standard InChI is InChI=1S/C16H19N3O4S/c1-2-19(16(21)11-7-8-24(22,23)10-11)9-14-17-13-6-4-3-5-12(13)15(20)18-14/h3-6,11H,2,7-10H2,1H3,(H,17,18,20)/t11-/m0/s1. The summed E-state index contributed by atoms with van der Waals surface area (Å²) in [6.07, 6.45) is 0.360. The normalized spacial score (nSPS) is 19.5. The van der Waals surface area contributed by atoms with Gasteiger partial charge in [-0.25, -0.2) is 13.4 Å². The maximum absolute atomic E-state index is 12.6. The lowest BCUT2D eigenvalue weighted by atomic mass is 10.1. The van der Waals surface area contributed by atoms with Crippen molar-refractivity contribution in [2.45, 2.75) is 19.9 Å². The van der Waals surface area contributed by atoms with E-state index in [1.54, 1.807) is 29.2 Å². The highest BCUT2D eigenvalue weighted by atomic mass is 32.2. The molecule has 2 heterocycles. The van der Waals surface area contributed by atoms with Crippen molar-refractivity contribution in [3.8, 4) is 0 Å². The number of amides is 1. The Morgan fingerprint density at radius 1 is 1.38 bits per heavy atom. The number of carbonyl (C=O) groups excluding carboxylic acids is 1. The molecule has 1 aromatic carbocycles. The molecule has 1 aliphatic heterocycles. The second kappa shape index (κ2) is 6.35. The van der Waals surface area contributed by atoms with Gasteiger partial charge in [-0.2, -0.15) is 0 Å². The van der Waals surface area contributed by atoms with Gasteiger partial charge in [0.05, 0.1) is 34.9 Å². The third-order valence-electron chi connectivity index (χ3n) is 4.28. The summed E-state index contributed by atoms with van der Waals surface area (Å²) in [5.74, 6) is -0.331. The molecule has 1 aromatic heterocycles. The van der Waals surface area contributed by atoms with Gasteiger partial charge >= 0.3 is 0 Å². The fourth-order valence-corrected chi connectivity index (χ4v) is 4.72. The predicted molar refractivity (Wildman–Crippen MR) is 90.2 cm³/mol. The highest BCUT2D eigenvalue weighted by Gasteiger charge is 2.35. The van der Waals surface area contributed by atoms with Crippen LogP contribution in [0.3, 0.4) is 0 Å². The Hall–Kier alpha value is -2.22. The molecule has 1 atom stereocenters. The van der Waals surface area contributed by atoms with Gasteiger partial charge in [-0.15, -0.1) is 0 Å². The number of fused-ring (bicyclic) bond motifs is 1. The molecule has 1 fully saturated rings. The first-order valence-corrected chi connectivity index (χ1v) is 9.69. The number of rotatable bonds is 4. The van der Waals surface area contributed by atoms with E-state index in [0.717, 1.165) is 0 Å². The van der Waals surface area contributed by atoms with E-state index in [0.29, 0.717) is 29.7 Å². The largest absolute Gasteiger partial charge is 0.335 e. The highest BCUT2D eigenvalue weighted by Crippen LogP contribution is 2.21. The fourth-order valence-electron chi connectivity index (χ4n) is 2.98. The van der Waals surface area contributed by atoms with Gasteiger partial charge in [0.25, 0.3) is 5.56 Å². The van der Waals surface area contributed by atoms with Crippen LogP contribution in [0.4, 0.5) is 0 Å². The topological polar surface area (TPSA) is 100 Å². The van der Waals surface area contributed by atoms with Crippen molar-refractivity contribution in [3.63, 3.8) is 0 Å². The summed E-state index contributed by atoms with van der Waals surface area (Å²) in [5, 5.41) is 0.498. The minimum atomic E-state index is -3.11. The summed E-state index contributed by atoms with van der Waals surface area (Å²) < 4.78 is 23.2. The molecular formula is C16H19N3O4S. The molecule has 0 unspecified atom stereocenters. The Kier molecular flexibility index (Phi) is 4.40. The van der Waals surface area contributed by atoms with Crippen LogP contribution in [0, 0.1) is 5.92 Å². The number of para-hydroxylation sites is 1. The van der Waals surface area contributed by atoms with E-state index in [1.807, 2.05) is 6.92 Å². The van der Waals surface area contributed by atoms with Crippen LogP contribution in [0.1, 0.15) is 19.2 Å². The van der Waals surface area contributed by atoms with Crippen LogP contribution in [0.25, 0.3) is 10.9 Å². The number of nitrogens with one attached hydrogen (secondary N) is 1. The number of hydrogen-bond acceptors (Lipinski definition) is 5. The number of nitrogens with zero attached hydrogens (tertiary/aromatic N) is 2. The first-order chi connectivity index (χ1) is 11.4. The first kappa shape index (κ1) is 16.6. The fraction of sp³-hybridized carbons (Fsp3) is 0.438. The van der Waals surface area contributed by atoms with Crippen molar-refractivity contribution in [2.75, 3.05) is 18.1 Å². The SMILES string of the molecule is CCN(Cc1nc2ccccc2c(=O)[nH]1)C(=O)[C@H]1CCS(=O)(=O)C1. The highest BCUT2D eigenvalue weighted by molar-refractivity contribution is 7.91. The number of aromatic nitrogens is 2. The van der Waals surface area contributed by atoms with Crippen molar-refractivity contribution in [3.05, 3.63) is 40.4 Å². The third kappa shape index (κ3) is 3.33. The minimum Gasteiger partial charge on any atom is -0.335 e. The Labute approximate surface area is 139 Å². The molecule has 0 spiro atoms. The van der Waals surface area contributed by atoms with Crippen LogP contribution < -0.4 is 5.56 Å². The molecule has 1 amide bonds. The van der Waals surface area contributed by atoms with E-state index in [1.165, 1.54) is 0 Å². The zero-order valence-corrected chi connectivity index (χ0v) is 14.2. The maximum Gasteiger partial charge on any atom is 0.258 e. The monoisotopic (exact) mass is 349 g/mol. The molecule has 7 nitrogen and oxygen atoms in total. The molecule has 0 saturated carbocycles. The molecule has 8 heteroatoms. The van der Waals surface area contributed by atoms with E-state index in [9.17, 15) is 18.0 Å². The van der Waals surface area contributed by atoms with Crippen molar-refractivity contribution < 1.29 is 13.2 Å². The molecule has 24 heavy (non-hydrogen) atoms. The second-order valence-electron chi connectivity index (χ2n) is 5.98. The lowest BCUT2D eigenvalue weighted by Gasteiger charge is -2.23. The van der Waals surface area contributed by atoms with E-state index in [2.05, 4.69) is 9.97 Å². The molecule has 0 aliphatic carbocycles. The third-order valence-corrected chi connectivity index (χ3v) is 6.05. The van der Waals surface area contributed by atoms with Crippen molar-refractivity contribution in [1.29, 1.82) is 0 Å². The van der Waals surface area contributed by atoms with Gasteiger partial charge in [0.2, 0.25) is 5.91 Å². The molecule has 0 bridgehead atoms. The van der Waals surface area contributed by atoms with E-state index >= 15 is 0 Å². The Morgan fingerprint density at radius 2 is 2.12 bits per heavy atom. The summed E-state index contributed by atoms with van der Waals surface area (Å²) >= 11 is 0. The molecular weight excluding hydrogens is 330 g/mol. The van der Waals surface area contributed by atoms with Crippen LogP contribution in [-0.2, 0) is 21.2 Å². The van der Waals surface area contributed by atoms with Crippen LogP contribution in [0.5, 0.6) is 0 Å². The van der Waals surface area contributed by atoms with Crippen LogP contribution >= 0.6 is 0 Å². The average Bonchev–Trinajstić information content (AvgIpc) is 2.92. The Bertz CT molecular complexity index is 936. The molecule has 2 aromatic rings. The quantitative estimate of drug-likeness (QED) is 0.876. The van der Waals surface area contributed by atoms with Gasteiger partial charge < -0.3 is 9.88 Å². The van der Waals surface area contributed by atoms with Gasteiger partial charge in [-0.05, 0) is 25.5 Å². The smallest absolute Gasteiger partial charge is 0.258 e. The van der Waals surface area contributed by atoms with Crippen molar-refractivity contribution in [2.24, 2.45) is 5.92 Å². The van der Waals surface area contributed by atoms with Gasteiger partial charge in [0, 0.05) is 6.54 Å². The summed E-state index contributed by atoms with van der Waals surface area (Å²) in [5.41, 5.74) is 0.325. The summed E-state index contributed by atoms with van der Waals surface area (Å²) in [7, 11) is -3.11. The molecule has 1 saturated heterocycles. The number of hydrogen-bond donors (Lipinski definition) is 1. The van der Waals surface area contributed by atoms with Gasteiger partial charge in [0.1, 0.15) is 5.82 Å². The number of aromatic amines is 1. The lowest BCUT2D eigenvalue weighted by molar-refractivity contribution is -0.135. The lowest BCUT2D eigenvalue weighted by Crippen LogP contribution is -2.37. The number of H-pyrrole nitrogens is 1. The summed E-state index contributed by atoms with van der Waals surface area (Å²) in [6.45, 7) is 2.40. The van der Waals surface area contributed by atoms with Crippen LogP contribution in [0.2, 0.25) is 0 Å². The number of sulfone groups is 1. The van der Waals surface area contributed by atoms with Crippen molar-refractivity contribution >= 4 is 26.6 Å². The maximum atomic E-state index is 12.6. The average molecular weight is 349 g/mol. The van der Waals surface area contributed by atoms with E-state index in [4.69, 9.17) is 0 Å². The van der Waals surface area contributed by atoms with E-state index in [-0.39, 0.29) is 29.5 Å². The van der Waals surface area contributed by atoms with Gasteiger partial charge in [0.15, 0.2) is 9.84 Å². The predicted octanol–water partition coefficient (Wildman–Crippen LogP) is 0.706. The summed E-state index contributed by atoms with van der Waals surface area (Å²) in [4.78, 5) is 33.3. The second-order valence-corrected chi connectivity index (χ2v) is 8.21. The number of benzene rings is 1.